The van der Waals surface area contributed by atoms with E-state index in [0.29, 0.717) is 6.54 Å². The molecule has 1 aromatic carbocycles. The third-order valence-electron chi connectivity index (χ3n) is 4.28. The van der Waals surface area contributed by atoms with Crippen LogP contribution in [0.2, 0.25) is 0 Å². The van der Waals surface area contributed by atoms with Crippen molar-refractivity contribution in [2.75, 3.05) is 39.8 Å². The van der Waals surface area contributed by atoms with Crippen LogP contribution in [0.3, 0.4) is 0 Å². The van der Waals surface area contributed by atoms with E-state index in [9.17, 15) is 0 Å². The van der Waals surface area contributed by atoms with Crippen molar-refractivity contribution in [3.8, 4) is 0 Å². The van der Waals surface area contributed by atoms with Gasteiger partial charge in [0, 0.05) is 45.8 Å². The van der Waals surface area contributed by atoms with E-state index in [0.717, 1.165) is 44.4 Å². The van der Waals surface area contributed by atoms with Crippen LogP contribution >= 0.6 is 24.0 Å². The summed E-state index contributed by atoms with van der Waals surface area (Å²) >= 11 is 0. The number of halogens is 1. The van der Waals surface area contributed by atoms with E-state index in [2.05, 4.69) is 61.7 Å². The fourth-order valence-corrected chi connectivity index (χ4v) is 2.87. The molecule has 2 aromatic rings. The van der Waals surface area contributed by atoms with Gasteiger partial charge in [0.05, 0.1) is 6.54 Å². The summed E-state index contributed by atoms with van der Waals surface area (Å²) in [6, 6.07) is 12.3. The molecule has 1 aliphatic heterocycles. The minimum absolute atomic E-state index is 0. The van der Waals surface area contributed by atoms with E-state index >= 15 is 0 Å². The van der Waals surface area contributed by atoms with Gasteiger partial charge in [0.15, 0.2) is 5.96 Å². The van der Waals surface area contributed by atoms with Crippen LogP contribution in [0, 0.1) is 0 Å². The van der Waals surface area contributed by atoms with E-state index in [1.54, 1.807) is 6.26 Å². The maximum atomic E-state index is 4.85. The first kappa shape index (κ1) is 20.4. The highest BCUT2D eigenvalue weighted by molar-refractivity contribution is 14.0. The third-order valence-corrected chi connectivity index (χ3v) is 4.28. The van der Waals surface area contributed by atoms with Crippen molar-refractivity contribution in [1.29, 1.82) is 0 Å². The number of nitrogens with zero attached hydrogens (tertiary/aromatic N) is 4. The van der Waals surface area contributed by atoms with Gasteiger partial charge < -0.3 is 14.7 Å². The Morgan fingerprint density at radius 2 is 1.96 bits per heavy atom. The van der Waals surface area contributed by atoms with Gasteiger partial charge in [-0.2, -0.15) is 0 Å². The Morgan fingerprint density at radius 1 is 1.19 bits per heavy atom. The predicted octanol–water partition coefficient (Wildman–Crippen LogP) is 2.70. The molecule has 1 fully saturated rings. The zero-order valence-electron chi connectivity index (χ0n) is 15.0. The van der Waals surface area contributed by atoms with Crippen molar-refractivity contribution in [3.63, 3.8) is 0 Å². The molecule has 0 amide bonds. The molecule has 0 radical (unpaired) electrons. The summed E-state index contributed by atoms with van der Waals surface area (Å²) < 4.78 is 4.85. The van der Waals surface area contributed by atoms with Gasteiger partial charge in [-0.25, -0.2) is 0 Å². The number of aliphatic imine (C=N–C) groups is 1. The monoisotopic (exact) mass is 467 g/mol. The lowest BCUT2D eigenvalue weighted by Crippen LogP contribution is -2.52. The van der Waals surface area contributed by atoms with E-state index < -0.39 is 0 Å². The zero-order chi connectivity index (χ0) is 17.3. The van der Waals surface area contributed by atoms with E-state index in [1.165, 1.54) is 5.56 Å². The summed E-state index contributed by atoms with van der Waals surface area (Å²) in [6.45, 7) is 5.61. The van der Waals surface area contributed by atoms with E-state index in [1.807, 2.05) is 19.2 Å². The average molecular weight is 467 g/mol. The Bertz CT molecular complexity index is 679. The standard InChI is InChI=1S/C19H25N5O.HI/c1-20-19(21-16-18-9-15-25-22-18)24-13-11-23(12-14-24)10-5-8-17-6-3-2-4-7-17;/h2-9,15H,10-14,16H2,1H3,(H,20,21);1H/b8-5+;. The van der Waals surface area contributed by atoms with Gasteiger partial charge in [0.25, 0.3) is 0 Å². The highest BCUT2D eigenvalue weighted by atomic mass is 127. The molecule has 1 aliphatic rings. The van der Waals surface area contributed by atoms with Crippen LogP contribution < -0.4 is 5.32 Å². The number of hydrogen-bond acceptors (Lipinski definition) is 4. The molecule has 0 atom stereocenters. The second kappa shape index (κ2) is 11.0. The molecule has 7 heteroatoms. The Labute approximate surface area is 172 Å². The number of guanidine groups is 1. The summed E-state index contributed by atoms with van der Waals surface area (Å²) in [6.07, 6.45) is 6.01. The minimum atomic E-state index is 0. The SMILES string of the molecule is CN=C(NCc1ccon1)N1CCN(C/C=C/c2ccccc2)CC1.I. The fraction of sp³-hybridized carbons (Fsp3) is 0.368. The van der Waals surface area contributed by atoms with Crippen LogP contribution in [-0.4, -0.2) is 60.7 Å². The summed E-state index contributed by atoms with van der Waals surface area (Å²) in [4.78, 5) is 9.13. The van der Waals surface area contributed by atoms with Crippen molar-refractivity contribution < 1.29 is 4.52 Å². The molecule has 1 aromatic heterocycles. The molecule has 0 aliphatic carbocycles. The lowest BCUT2D eigenvalue weighted by atomic mass is 10.2. The number of piperazine rings is 1. The molecule has 1 N–H and O–H groups in total. The van der Waals surface area contributed by atoms with E-state index in [4.69, 9.17) is 4.52 Å². The lowest BCUT2D eigenvalue weighted by molar-refractivity contribution is 0.194. The van der Waals surface area contributed by atoms with Crippen LogP contribution in [0.4, 0.5) is 0 Å². The first-order valence-corrected chi connectivity index (χ1v) is 8.64. The minimum Gasteiger partial charge on any atom is -0.364 e. The molecule has 0 bridgehead atoms. The van der Waals surface area contributed by atoms with Crippen LogP contribution in [-0.2, 0) is 6.54 Å². The van der Waals surface area contributed by atoms with Crippen molar-refractivity contribution in [2.24, 2.45) is 4.99 Å². The second-order valence-corrected chi connectivity index (χ2v) is 5.99. The summed E-state index contributed by atoms with van der Waals surface area (Å²) in [5, 5.41) is 7.25. The molecule has 2 heterocycles. The van der Waals surface area contributed by atoms with Gasteiger partial charge in [0.2, 0.25) is 0 Å². The Kier molecular flexibility index (Phi) is 8.63. The topological polar surface area (TPSA) is 56.9 Å². The quantitative estimate of drug-likeness (QED) is 0.417. The van der Waals surface area contributed by atoms with Crippen LogP contribution in [0.15, 0.2) is 58.3 Å². The number of hydrogen-bond donors (Lipinski definition) is 1. The number of nitrogens with one attached hydrogen (secondary N) is 1. The lowest BCUT2D eigenvalue weighted by Gasteiger charge is -2.36. The first-order valence-electron chi connectivity index (χ1n) is 8.64. The van der Waals surface area contributed by atoms with Gasteiger partial charge in [-0.3, -0.25) is 9.89 Å². The molecule has 140 valence electrons. The van der Waals surface area contributed by atoms with Crippen molar-refractivity contribution >= 4 is 36.0 Å². The van der Waals surface area contributed by atoms with Gasteiger partial charge in [-0.15, -0.1) is 24.0 Å². The average Bonchev–Trinajstić information content (AvgIpc) is 3.18. The number of aromatic nitrogens is 1. The molecule has 0 unspecified atom stereocenters. The summed E-state index contributed by atoms with van der Waals surface area (Å²) in [5.74, 6) is 0.919. The van der Waals surface area contributed by atoms with Crippen molar-refractivity contribution in [3.05, 3.63) is 60.0 Å². The fourth-order valence-electron chi connectivity index (χ4n) is 2.87. The zero-order valence-corrected chi connectivity index (χ0v) is 17.4. The molecule has 1 saturated heterocycles. The molecular weight excluding hydrogens is 441 g/mol. The van der Waals surface area contributed by atoms with E-state index in [-0.39, 0.29) is 24.0 Å². The largest absolute Gasteiger partial charge is 0.364 e. The van der Waals surface area contributed by atoms with Crippen molar-refractivity contribution in [1.82, 2.24) is 20.3 Å². The highest BCUT2D eigenvalue weighted by Gasteiger charge is 2.18. The number of rotatable bonds is 5. The Balaban J connectivity index is 0.00000243. The van der Waals surface area contributed by atoms with Gasteiger partial charge >= 0.3 is 0 Å². The first-order chi connectivity index (χ1) is 12.3. The molecule has 6 nitrogen and oxygen atoms in total. The maximum Gasteiger partial charge on any atom is 0.194 e. The Morgan fingerprint density at radius 3 is 2.62 bits per heavy atom. The van der Waals surface area contributed by atoms with Gasteiger partial charge in [-0.05, 0) is 5.56 Å². The molecule has 0 saturated carbocycles. The van der Waals surface area contributed by atoms with Gasteiger partial charge in [-0.1, -0.05) is 47.6 Å². The highest BCUT2D eigenvalue weighted by Crippen LogP contribution is 2.05. The normalized spacial score (nSPS) is 15.9. The molecule has 3 rings (SSSR count). The van der Waals surface area contributed by atoms with Crippen LogP contribution in [0.5, 0.6) is 0 Å². The molecule has 0 spiro atoms. The maximum absolute atomic E-state index is 4.85. The number of benzene rings is 1. The summed E-state index contributed by atoms with van der Waals surface area (Å²) in [5.41, 5.74) is 2.13. The second-order valence-electron chi connectivity index (χ2n) is 5.99. The van der Waals surface area contributed by atoms with Crippen LogP contribution in [0.1, 0.15) is 11.3 Å². The van der Waals surface area contributed by atoms with Crippen LogP contribution in [0.25, 0.3) is 6.08 Å². The Hall–Kier alpha value is -1.87. The molecular formula is C19H26IN5O. The van der Waals surface area contributed by atoms with Crippen molar-refractivity contribution in [2.45, 2.75) is 6.54 Å². The third kappa shape index (κ3) is 6.14. The predicted molar refractivity (Wildman–Crippen MR) is 116 cm³/mol. The summed E-state index contributed by atoms with van der Waals surface area (Å²) in [7, 11) is 1.82. The van der Waals surface area contributed by atoms with Gasteiger partial charge in [0.1, 0.15) is 12.0 Å². The molecule has 26 heavy (non-hydrogen) atoms. The smallest absolute Gasteiger partial charge is 0.194 e.